The molecule has 2 aromatic rings. The lowest BCUT2D eigenvalue weighted by Gasteiger charge is -2.11. The van der Waals surface area contributed by atoms with Gasteiger partial charge in [0.25, 0.3) is 10.0 Å². The molecule has 3 N–H and O–H groups in total. The van der Waals surface area contributed by atoms with E-state index in [2.05, 4.69) is 4.72 Å². The fourth-order valence-electron chi connectivity index (χ4n) is 1.67. The molecule has 0 atom stereocenters. The highest BCUT2D eigenvalue weighted by molar-refractivity contribution is 7.92. The number of methoxy groups -OCH3 is 1. The number of hydrogen-bond donors (Lipinski definition) is 2. The van der Waals surface area contributed by atoms with Crippen molar-refractivity contribution in [1.29, 1.82) is 0 Å². The molecule has 0 heterocycles. The van der Waals surface area contributed by atoms with Gasteiger partial charge in [0.2, 0.25) is 0 Å². The Labute approximate surface area is 120 Å². The lowest BCUT2D eigenvalue weighted by molar-refractivity contribution is 0.417. The molecule has 0 saturated carbocycles. The molecule has 0 radical (unpaired) electrons. The zero-order valence-corrected chi connectivity index (χ0v) is 11.7. The fourth-order valence-corrected chi connectivity index (χ4v) is 2.76. The Morgan fingerprint density at radius 3 is 2.29 bits per heavy atom. The SMILES string of the molecule is COc1cc(NS(=O)(=O)c2cc(F)cc(F)c2)ccc1N. The van der Waals surface area contributed by atoms with Crippen molar-refractivity contribution in [3.63, 3.8) is 0 Å². The van der Waals surface area contributed by atoms with Crippen LogP contribution < -0.4 is 15.2 Å². The molecule has 0 aliphatic rings. The molecule has 21 heavy (non-hydrogen) atoms. The van der Waals surface area contributed by atoms with Crippen LogP contribution in [0.5, 0.6) is 5.75 Å². The first-order valence-corrected chi connectivity index (χ1v) is 7.22. The van der Waals surface area contributed by atoms with E-state index in [1.807, 2.05) is 0 Å². The summed E-state index contributed by atoms with van der Waals surface area (Å²) in [6.45, 7) is 0. The van der Waals surface area contributed by atoms with Crippen molar-refractivity contribution in [2.45, 2.75) is 4.90 Å². The van der Waals surface area contributed by atoms with Crippen LogP contribution in [0.4, 0.5) is 20.2 Å². The van der Waals surface area contributed by atoms with E-state index in [0.29, 0.717) is 11.8 Å². The zero-order valence-electron chi connectivity index (χ0n) is 10.9. The smallest absolute Gasteiger partial charge is 0.262 e. The third kappa shape index (κ3) is 3.40. The molecule has 0 unspecified atom stereocenters. The third-order valence-electron chi connectivity index (χ3n) is 2.63. The summed E-state index contributed by atoms with van der Waals surface area (Å²) < 4.78 is 57.5. The van der Waals surface area contributed by atoms with Gasteiger partial charge in [0.1, 0.15) is 17.4 Å². The summed E-state index contributed by atoms with van der Waals surface area (Å²) in [5.41, 5.74) is 6.10. The maximum atomic E-state index is 13.1. The first-order chi connectivity index (χ1) is 9.81. The van der Waals surface area contributed by atoms with Gasteiger partial charge in [0.05, 0.1) is 23.4 Å². The number of nitrogens with two attached hydrogens (primary N) is 1. The number of hydrogen-bond acceptors (Lipinski definition) is 4. The topological polar surface area (TPSA) is 81.4 Å². The van der Waals surface area contributed by atoms with E-state index in [0.717, 1.165) is 12.1 Å². The first-order valence-electron chi connectivity index (χ1n) is 5.74. The van der Waals surface area contributed by atoms with Crippen LogP contribution in [0.25, 0.3) is 0 Å². The van der Waals surface area contributed by atoms with Gasteiger partial charge >= 0.3 is 0 Å². The highest BCUT2D eigenvalue weighted by Gasteiger charge is 2.17. The molecule has 5 nitrogen and oxygen atoms in total. The van der Waals surface area contributed by atoms with Crippen molar-refractivity contribution in [2.75, 3.05) is 17.6 Å². The molecule has 8 heteroatoms. The Bertz CT molecular complexity index is 759. The number of nitrogens with one attached hydrogen (secondary N) is 1. The Kier molecular flexibility index (Phi) is 3.99. The highest BCUT2D eigenvalue weighted by atomic mass is 32.2. The summed E-state index contributed by atoms with van der Waals surface area (Å²) in [4.78, 5) is -0.518. The van der Waals surface area contributed by atoms with Crippen LogP contribution >= 0.6 is 0 Å². The predicted octanol–water partition coefficient (Wildman–Crippen LogP) is 2.36. The van der Waals surface area contributed by atoms with Crippen molar-refractivity contribution >= 4 is 21.4 Å². The Balaban J connectivity index is 2.37. The van der Waals surface area contributed by atoms with Crippen molar-refractivity contribution in [2.24, 2.45) is 0 Å². The second-order valence-corrected chi connectivity index (χ2v) is 5.85. The molecule has 0 spiro atoms. The zero-order chi connectivity index (χ0) is 15.6. The standard InChI is InChI=1S/C13H12F2N2O3S/c1-20-13-7-10(2-3-12(13)16)17-21(18,19)11-5-8(14)4-9(15)6-11/h2-7,17H,16H2,1H3. The Morgan fingerprint density at radius 1 is 1.10 bits per heavy atom. The Hall–Kier alpha value is -2.35. The van der Waals surface area contributed by atoms with E-state index < -0.39 is 26.6 Å². The van der Waals surface area contributed by atoms with Crippen LogP contribution in [0.3, 0.4) is 0 Å². The van der Waals surface area contributed by atoms with Gasteiger partial charge in [0.15, 0.2) is 0 Å². The molecule has 0 aromatic heterocycles. The van der Waals surface area contributed by atoms with Crippen molar-refractivity contribution in [3.8, 4) is 5.75 Å². The number of ether oxygens (including phenoxy) is 1. The highest BCUT2D eigenvalue weighted by Crippen LogP contribution is 2.26. The lowest BCUT2D eigenvalue weighted by Crippen LogP contribution is -2.13. The quantitative estimate of drug-likeness (QED) is 0.849. The van der Waals surface area contributed by atoms with E-state index in [-0.39, 0.29) is 11.4 Å². The van der Waals surface area contributed by atoms with Gasteiger partial charge < -0.3 is 10.5 Å². The van der Waals surface area contributed by atoms with Crippen LogP contribution in [0, 0.1) is 11.6 Å². The average molecular weight is 314 g/mol. The molecular weight excluding hydrogens is 302 g/mol. The van der Waals surface area contributed by atoms with Crippen LogP contribution in [0.15, 0.2) is 41.3 Å². The lowest BCUT2D eigenvalue weighted by atomic mass is 10.2. The number of benzene rings is 2. The summed E-state index contributed by atoms with van der Waals surface area (Å²) in [6.07, 6.45) is 0. The molecule has 0 aliphatic heterocycles. The summed E-state index contributed by atoms with van der Waals surface area (Å²) in [7, 11) is -2.74. The van der Waals surface area contributed by atoms with E-state index in [9.17, 15) is 17.2 Å². The van der Waals surface area contributed by atoms with Crippen LogP contribution in [-0.4, -0.2) is 15.5 Å². The van der Waals surface area contributed by atoms with Gasteiger partial charge in [-0.1, -0.05) is 0 Å². The minimum Gasteiger partial charge on any atom is -0.495 e. The summed E-state index contributed by atoms with van der Waals surface area (Å²) in [5.74, 6) is -1.68. The van der Waals surface area contributed by atoms with Gasteiger partial charge in [-0.3, -0.25) is 4.72 Å². The molecular formula is C13H12F2N2O3S. The summed E-state index contributed by atoms with van der Waals surface area (Å²) in [5, 5.41) is 0. The normalized spacial score (nSPS) is 11.2. The van der Waals surface area contributed by atoms with Gasteiger partial charge in [-0.25, -0.2) is 17.2 Å². The predicted molar refractivity (Wildman–Crippen MR) is 74.6 cm³/mol. The van der Waals surface area contributed by atoms with E-state index in [1.165, 1.54) is 25.3 Å². The Morgan fingerprint density at radius 2 is 1.71 bits per heavy atom. The van der Waals surface area contributed by atoms with Crippen LogP contribution in [0.1, 0.15) is 0 Å². The van der Waals surface area contributed by atoms with Crippen LogP contribution in [-0.2, 0) is 10.0 Å². The largest absolute Gasteiger partial charge is 0.495 e. The molecule has 2 rings (SSSR count). The van der Waals surface area contributed by atoms with Crippen molar-refractivity contribution < 1.29 is 21.9 Å². The first kappa shape index (κ1) is 15.0. The minimum atomic E-state index is -4.12. The number of nitrogen functional groups attached to an aromatic ring is 1. The maximum absolute atomic E-state index is 13.1. The second kappa shape index (κ2) is 5.57. The minimum absolute atomic E-state index is 0.158. The molecule has 112 valence electrons. The molecule has 0 saturated heterocycles. The molecule has 0 fully saturated rings. The molecule has 0 amide bonds. The summed E-state index contributed by atoms with van der Waals surface area (Å²) >= 11 is 0. The van der Waals surface area contributed by atoms with E-state index in [1.54, 1.807) is 0 Å². The summed E-state index contributed by atoms with van der Waals surface area (Å²) in [6, 6.07) is 6.25. The van der Waals surface area contributed by atoms with Gasteiger partial charge in [0, 0.05) is 12.1 Å². The third-order valence-corrected chi connectivity index (χ3v) is 3.99. The number of halogens is 2. The second-order valence-electron chi connectivity index (χ2n) is 4.17. The number of anilines is 2. The van der Waals surface area contributed by atoms with Crippen LogP contribution in [0.2, 0.25) is 0 Å². The average Bonchev–Trinajstić information content (AvgIpc) is 2.39. The van der Waals surface area contributed by atoms with Gasteiger partial charge in [-0.05, 0) is 24.3 Å². The van der Waals surface area contributed by atoms with Gasteiger partial charge in [-0.2, -0.15) is 0 Å². The van der Waals surface area contributed by atoms with Crippen molar-refractivity contribution in [3.05, 3.63) is 48.0 Å². The fraction of sp³-hybridized carbons (Fsp3) is 0.0769. The molecule has 0 bridgehead atoms. The number of rotatable bonds is 4. The monoisotopic (exact) mass is 314 g/mol. The molecule has 0 aliphatic carbocycles. The van der Waals surface area contributed by atoms with Crippen molar-refractivity contribution in [1.82, 2.24) is 0 Å². The molecule has 2 aromatic carbocycles. The van der Waals surface area contributed by atoms with E-state index in [4.69, 9.17) is 10.5 Å². The maximum Gasteiger partial charge on any atom is 0.262 e. The van der Waals surface area contributed by atoms with Gasteiger partial charge in [-0.15, -0.1) is 0 Å². The number of sulfonamides is 1. The van der Waals surface area contributed by atoms with E-state index >= 15 is 0 Å².